The number of carbonyl (C=O) groups is 1. The molecule has 0 saturated heterocycles. The SMILES string of the molecule is Cc1cc(-c2ccc3c(c2)CC[C@H]3N)no1.O=C(O)C(F)(F)F. The largest absolute Gasteiger partial charge is 0.490 e. The summed E-state index contributed by atoms with van der Waals surface area (Å²) in [5, 5.41) is 11.1. The molecular formula is C15H15F3N2O3. The van der Waals surface area contributed by atoms with E-state index in [1.54, 1.807) is 0 Å². The molecule has 0 radical (unpaired) electrons. The molecule has 1 aromatic heterocycles. The monoisotopic (exact) mass is 328 g/mol. The van der Waals surface area contributed by atoms with E-state index in [4.69, 9.17) is 20.2 Å². The van der Waals surface area contributed by atoms with E-state index in [0.717, 1.165) is 29.9 Å². The van der Waals surface area contributed by atoms with Crippen LogP contribution in [0.2, 0.25) is 0 Å². The lowest BCUT2D eigenvalue weighted by atomic mass is 10.0. The van der Waals surface area contributed by atoms with E-state index in [1.807, 2.05) is 13.0 Å². The number of aryl methyl sites for hydroxylation is 2. The first-order valence-electron chi connectivity index (χ1n) is 6.80. The average molecular weight is 328 g/mol. The number of hydrogen-bond donors (Lipinski definition) is 2. The standard InChI is InChI=1S/C13H14N2O.C2HF3O2/c1-8-6-13(15-16-8)10-2-4-11-9(7-10)3-5-12(11)14;3-2(4,5)1(6)7/h2,4,6-7,12H,3,5,14H2,1H3;(H,6,7)/t12-;/m1./s1. The third-order valence-corrected chi connectivity index (χ3v) is 3.43. The Bertz CT molecular complexity index is 710. The highest BCUT2D eigenvalue weighted by atomic mass is 19.4. The lowest BCUT2D eigenvalue weighted by molar-refractivity contribution is -0.192. The van der Waals surface area contributed by atoms with Gasteiger partial charge in [0, 0.05) is 17.7 Å². The van der Waals surface area contributed by atoms with Gasteiger partial charge in [0.25, 0.3) is 0 Å². The number of rotatable bonds is 1. The van der Waals surface area contributed by atoms with Gasteiger partial charge in [-0.25, -0.2) is 4.79 Å². The summed E-state index contributed by atoms with van der Waals surface area (Å²) in [7, 11) is 0. The maximum absolute atomic E-state index is 10.6. The third kappa shape index (κ3) is 4.10. The minimum Gasteiger partial charge on any atom is -0.475 e. The van der Waals surface area contributed by atoms with Crippen molar-refractivity contribution in [2.24, 2.45) is 5.73 Å². The highest BCUT2D eigenvalue weighted by Gasteiger charge is 2.38. The summed E-state index contributed by atoms with van der Waals surface area (Å²) in [6.45, 7) is 1.90. The van der Waals surface area contributed by atoms with E-state index >= 15 is 0 Å². The van der Waals surface area contributed by atoms with Crippen molar-refractivity contribution in [3.05, 3.63) is 41.2 Å². The Morgan fingerprint density at radius 1 is 1.39 bits per heavy atom. The molecule has 1 atom stereocenters. The van der Waals surface area contributed by atoms with Gasteiger partial charge in [0.2, 0.25) is 0 Å². The molecule has 0 bridgehead atoms. The molecule has 0 fully saturated rings. The summed E-state index contributed by atoms with van der Waals surface area (Å²) in [4.78, 5) is 8.90. The first kappa shape index (κ1) is 17.0. The maximum atomic E-state index is 10.6. The Kier molecular flexibility index (Phi) is 4.74. The van der Waals surface area contributed by atoms with Crippen LogP contribution < -0.4 is 5.73 Å². The first-order valence-corrected chi connectivity index (χ1v) is 6.80. The molecule has 2 aromatic rings. The van der Waals surface area contributed by atoms with Gasteiger partial charge in [-0.05, 0) is 37.0 Å². The molecule has 0 saturated carbocycles. The van der Waals surface area contributed by atoms with E-state index < -0.39 is 12.1 Å². The van der Waals surface area contributed by atoms with E-state index in [0.29, 0.717) is 0 Å². The molecular weight excluding hydrogens is 313 g/mol. The molecule has 5 nitrogen and oxygen atoms in total. The Morgan fingerprint density at radius 3 is 2.57 bits per heavy atom. The highest BCUT2D eigenvalue weighted by molar-refractivity contribution is 5.73. The number of carboxylic acid groups (broad SMARTS) is 1. The van der Waals surface area contributed by atoms with Crippen LogP contribution in [0.25, 0.3) is 11.3 Å². The van der Waals surface area contributed by atoms with Gasteiger partial charge in [-0.1, -0.05) is 17.3 Å². The van der Waals surface area contributed by atoms with Crippen molar-refractivity contribution in [1.29, 1.82) is 0 Å². The molecule has 1 aromatic carbocycles. The molecule has 0 aliphatic heterocycles. The Balaban J connectivity index is 0.000000236. The zero-order valence-electron chi connectivity index (χ0n) is 12.2. The van der Waals surface area contributed by atoms with Crippen molar-refractivity contribution in [1.82, 2.24) is 5.16 Å². The quantitative estimate of drug-likeness (QED) is 0.839. The smallest absolute Gasteiger partial charge is 0.475 e. The molecule has 23 heavy (non-hydrogen) atoms. The number of carboxylic acids is 1. The van der Waals surface area contributed by atoms with Crippen LogP contribution in [-0.2, 0) is 11.2 Å². The first-order chi connectivity index (χ1) is 10.7. The predicted molar refractivity (Wildman–Crippen MR) is 75.6 cm³/mol. The summed E-state index contributed by atoms with van der Waals surface area (Å²) in [5.74, 6) is -1.92. The lowest BCUT2D eigenvalue weighted by Crippen LogP contribution is -2.21. The normalized spacial score (nSPS) is 16.5. The van der Waals surface area contributed by atoms with Crippen molar-refractivity contribution < 1.29 is 27.6 Å². The van der Waals surface area contributed by atoms with E-state index in [-0.39, 0.29) is 6.04 Å². The second kappa shape index (κ2) is 6.41. The van der Waals surface area contributed by atoms with Crippen LogP contribution in [0, 0.1) is 6.92 Å². The molecule has 0 spiro atoms. The van der Waals surface area contributed by atoms with Crippen molar-refractivity contribution in [2.75, 3.05) is 0 Å². The Hall–Kier alpha value is -2.35. The van der Waals surface area contributed by atoms with E-state index in [9.17, 15) is 13.2 Å². The maximum Gasteiger partial charge on any atom is 0.490 e. The zero-order chi connectivity index (χ0) is 17.2. The van der Waals surface area contributed by atoms with Gasteiger partial charge in [0.1, 0.15) is 11.5 Å². The van der Waals surface area contributed by atoms with Crippen LogP contribution in [0.15, 0.2) is 28.8 Å². The number of hydrogen-bond acceptors (Lipinski definition) is 4. The minimum absolute atomic E-state index is 0.211. The fraction of sp³-hybridized carbons (Fsp3) is 0.333. The lowest BCUT2D eigenvalue weighted by Gasteiger charge is -2.05. The number of halogens is 3. The molecule has 0 amide bonds. The molecule has 1 aliphatic rings. The van der Waals surface area contributed by atoms with Crippen LogP contribution in [0.5, 0.6) is 0 Å². The van der Waals surface area contributed by atoms with Gasteiger partial charge < -0.3 is 15.4 Å². The summed E-state index contributed by atoms with van der Waals surface area (Å²) >= 11 is 0. The van der Waals surface area contributed by atoms with Crippen LogP contribution in [0.4, 0.5) is 13.2 Å². The molecule has 0 unspecified atom stereocenters. The minimum atomic E-state index is -5.08. The van der Waals surface area contributed by atoms with Crippen LogP contribution >= 0.6 is 0 Å². The Morgan fingerprint density at radius 2 is 2.04 bits per heavy atom. The third-order valence-electron chi connectivity index (χ3n) is 3.43. The molecule has 1 heterocycles. The predicted octanol–water partition coefficient (Wildman–Crippen LogP) is 3.23. The number of nitrogens with zero attached hydrogens (tertiary/aromatic N) is 1. The molecule has 3 rings (SSSR count). The van der Waals surface area contributed by atoms with Gasteiger partial charge in [-0.2, -0.15) is 13.2 Å². The molecule has 124 valence electrons. The topological polar surface area (TPSA) is 89.4 Å². The number of aromatic nitrogens is 1. The fourth-order valence-electron chi connectivity index (χ4n) is 2.31. The Labute approximate surface area is 129 Å². The van der Waals surface area contributed by atoms with Crippen molar-refractivity contribution in [3.63, 3.8) is 0 Å². The number of benzene rings is 1. The van der Waals surface area contributed by atoms with Gasteiger partial charge in [0.05, 0.1) is 0 Å². The molecule has 8 heteroatoms. The number of nitrogens with two attached hydrogens (primary N) is 1. The summed E-state index contributed by atoms with van der Waals surface area (Å²) in [6.07, 6.45) is -2.96. The summed E-state index contributed by atoms with van der Waals surface area (Å²) < 4.78 is 36.8. The van der Waals surface area contributed by atoms with Gasteiger partial charge in [-0.3, -0.25) is 0 Å². The number of fused-ring (bicyclic) bond motifs is 1. The average Bonchev–Trinajstić information content (AvgIpc) is 3.05. The van der Waals surface area contributed by atoms with Crippen molar-refractivity contribution in [3.8, 4) is 11.3 Å². The van der Waals surface area contributed by atoms with Gasteiger partial charge >= 0.3 is 12.1 Å². The van der Waals surface area contributed by atoms with Gasteiger partial charge in [-0.15, -0.1) is 0 Å². The fourth-order valence-corrected chi connectivity index (χ4v) is 2.31. The van der Waals surface area contributed by atoms with Crippen molar-refractivity contribution >= 4 is 5.97 Å². The summed E-state index contributed by atoms with van der Waals surface area (Å²) in [5.41, 5.74) is 10.7. The second-order valence-electron chi connectivity index (χ2n) is 5.18. The van der Waals surface area contributed by atoms with Crippen LogP contribution in [-0.4, -0.2) is 22.4 Å². The summed E-state index contributed by atoms with van der Waals surface area (Å²) in [6, 6.07) is 8.53. The van der Waals surface area contributed by atoms with Crippen molar-refractivity contribution in [2.45, 2.75) is 32.0 Å². The zero-order valence-corrected chi connectivity index (χ0v) is 12.2. The number of alkyl halides is 3. The van der Waals surface area contributed by atoms with E-state index in [1.165, 1.54) is 11.1 Å². The van der Waals surface area contributed by atoms with E-state index in [2.05, 4.69) is 23.4 Å². The number of aliphatic carboxylic acids is 1. The second-order valence-corrected chi connectivity index (χ2v) is 5.18. The highest BCUT2D eigenvalue weighted by Crippen LogP contribution is 2.32. The van der Waals surface area contributed by atoms with Crippen LogP contribution in [0.1, 0.15) is 29.3 Å². The van der Waals surface area contributed by atoms with Crippen LogP contribution in [0.3, 0.4) is 0 Å². The van der Waals surface area contributed by atoms with Gasteiger partial charge in [0.15, 0.2) is 0 Å². The molecule has 3 N–H and O–H groups in total. The molecule has 1 aliphatic carbocycles.